The topological polar surface area (TPSA) is 66.5 Å². The predicted molar refractivity (Wildman–Crippen MR) is 131 cm³/mol. The molecule has 9 heteroatoms. The molecule has 3 aromatic rings. The van der Waals surface area contributed by atoms with E-state index in [2.05, 4.69) is 21.2 Å². The first kappa shape index (κ1) is 24.7. The van der Waals surface area contributed by atoms with E-state index in [-0.39, 0.29) is 18.0 Å². The SMILES string of the molecule is Cc1cccc(CNC(=O)CN(Cc2ccc(Cl)c(Cl)c2)S(=O)(=O)c2ccc(Br)cc2)c1. The van der Waals surface area contributed by atoms with E-state index in [4.69, 9.17) is 23.2 Å². The summed E-state index contributed by atoms with van der Waals surface area (Å²) in [4.78, 5) is 12.8. The van der Waals surface area contributed by atoms with Crippen LogP contribution in [0.15, 0.2) is 76.1 Å². The van der Waals surface area contributed by atoms with Gasteiger partial charge in [-0.3, -0.25) is 4.79 Å². The van der Waals surface area contributed by atoms with Crippen LogP contribution < -0.4 is 5.32 Å². The maximum absolute atomic E-state index is 13.3. The Morgan fingerprint density at radius 2 is 1.69 bits per heavy atom. The Balaban J connectivity index is 1.82. The average Bonchev–Trinajstić information content (AvgIpc) is 2.75. The van der Waals surface area contributed by atoms with Gasteiger partial charge in [-0.15, -0.1) is 0 Å². The van der Waals surface area contributed by atoms with Crippen LogP contribution in [0.3, 0.4) is 0 Å². The first-order valence-electron chi connectivity index (χ1n) is 9.67. The van der Waals surface area contributed by atoms with Crippen molar-refractivity contribution < 1.29 is 13.2 Å². The number of amides is 1. The van der Waals surface area contributed by atoms with Gasteiger partial charge in [-0.05, 0) is 54.4 Å². The fraction of sp³-hybridized carbons (Fsp3) is 0.174. The number of benzene rings is 3. The van der Waals surface area contributed by atoms with Crippen LogP contribution in [0.2, 0.25) is 10.0 Å². The first-order valence-corrected chi connectivity index (χ1v) is 12.7. The standard InChI is InChI=1S/C23H21BrCl2N2O3S/c1-16-3-2-4-17(11-16)13-27-23(29)15-28(14-18-5-10-21(25)22(26)12-18)32(30,31)20-8-6-19(24)7-9-20/h2-12H,13-15H2,1H3,(H,27,29). The van der Waals surface area contributed by atoms with Gasteiger partial charge in [0.05, 0.1) is 21.5 Å². The quantitative estimate of drug-likeness (QED) is 0.395. The highest BCUT2D eigenvalue weighted by molar-refractivity contribution is 9.10. The fourth-order valence-electron chi connectivity index (χ4n) is 3.06. The Hall–Kier alpha value is -1.90. The number of aryl methyl sites for hydroxylation is 1. The Labute approximate surface area is 206 Å². The molecule has 3 aromatic carbocycles. The summed E-state index contributed by atoms with van der Waals surface area (Å²) in [6.45, 7) is 1.89. The predicted octanol–water partition coefficient (Wildman–Crippen LogP) is 5.57. The molecule has 0 aliphatic rings. The lowest BCUT2D eigenvalue weighted by Crippen LogP contribution is -2.40. The van der Waals surface area contributed by atoms with Gasteiger partial charge in [0.15, 0.2) is 0 Å². The van der Waals surface area contributed by atoms with E-state index in [9.17, 15) is 13.2 Å². The maximum atomic E-state index is 13.3. The summed E-state index contributed by atoms with van der Waals surface area (Å²) < 4.78 is 28.5. The van der Waals surface area contributed by atoms with Crippen LogP contribution in [0.4, 0.5) is 0 Å². The Bertz CT molecular complexity index is 1220. The molecule has 0 aliphatic heterocycles. The number of halogens is 3. The number of hydrogen-bond acceptors (Lipinski definition) is 3. The van der Waals surface area contributed by atoms with E-state index in [0.717, 1.165) is 19.9 Å². The van der Waals surface area contributed by atoms with Crippen LogP contribution >= 0.6 is 39.1 Å². The van der Waals surface area contributed by atoms with Gasteiger partial charge < -0.3 is 5.32 Å². The van der Waals surface area contributed by atoms with Crippen LogP contribution in [0.25, 0.3) is 0 Å². The molecule has 0 heterocycles. The zero-order chi connectivity index (χ0) is 23.3. The highest BCUT2D eigenvalue weighted by Gasteiger charge is 2.27. The zero-order valence-electron chi connectivity index (χ0n) is 17.2. The summed E-state index contributed by atoms with van der Waals surface area (Å²) in [5.74, 6) is -0.410. The van der Waals surface area contributed by atoms with Crippen molar-refractivity contribution in [3.63, 3.8) is 0 Å². The largest absolute Gasteiger partial charge is 0.351 e. The highest BCUT2D eigenvalue weighted by Crippen LogP contribution is 2.25. The summed E-state index contributed by atoms with van der Waals surface area (Å²) in [5.41, 5.74) is 2.63. The molecule has 32 heavy (non-hydrogen) atoms. The second-order valence-corrected chi connectivity index (χ2v) is 10.9. The van der Waals surface area contributed by atoms with Gasteiger partial charge in [0, 0.05) is 17.6 Å². The van der Waals surface area contributed by atoms with Crippen LogP contribution in [0.1, 0.15) is 16.7 Å². The van der Waals surface area contributed by atoms with E-state index in [1.807, 2.05) is 31.2 Å². The third-order valence-corrected chi connectivity index (χ3v) is 7.76. The van der Waals surface area contributed by atoms with Gasteiger partial charge in [-0.2, -0.15) is 4.31 Å². The first-order chi connectivity index (χ1) is 15.1. The van der Waals surface area contributed by atoms with Crippen LogP contribution in [0.5, 0.6) is 0 Å². The lowest BCUT2D eigenvalue weighted by molar-refractivity contribution is -0.121. The molecule has 0 fully saturated rings. The van der Waals surface area contributed by atoms with Crippen molar-refractivity contribution in [1.29, 1.82) is 0 Å². The summed E-state index contributed by atoms with van der Waals surface area (Å²) in [7, 11) is -3.95. The number of sulfonamides is 1. The van der Waals surface area contributed by atoms with Crippen molar-refractivity contribution >= 4 is 55.1 Å². The molecule has 0 aliphatic carbocycles. The lowest BCUT2D eigenvalue weighted by atomic mass is 10.1. The summed E-state index contributed by atoms with van der Waals surface area (Å²) in [6.07, 6.45) is 0. The molecule has 5 nitrogen and oxygen atoms in total. The molecular formula is C23H21BrCl2N2O3S. The minimum absolute atomic E-state index is 0.0346. The van der Waals surface area contributed by atoms with E-state index in [0.29, 0.717) is 22.2 Å². The van der Waals surface area contributed by atoms with Crippen molar-refractivity contribution in [2.45, 2.75) is 24.9 Å². The molecule has 0 bridgehead atoms. The molecule has 0 spiro atoms. The highest BCUT2D eigenvalue weighted by atomic mass is 79.9. The van der Waals surface area contributed by atoms with Crippen molar-refractivity contribution in [3.8, 4) is 0 Å². The minimum atomic E-state index is -3.95. The van der Waals surface area contributed by atoms with Crippen molar-refractivity contribution in [1.82, 2.24) is 9.62 Å². The van der Waals surface area contributed by atoms with Gasteiger partial charge in [-0.1, -0.05) is 75.0 Å². The van der Waals surface area contributed by atoms with Crippen molar-refractivity contribution in [2.75, 3.05) is 6.54 Å². The van der Waals surface area contributed by atoms with Gasteiger partial charge >= 0.3 is 0 Å². The van der Waals surface area contributed by atoms with Crippen LogP contribution in [0, 0.1) is 6.92 Å². The Morgan fingerprint density at radius 3 is 2.34 bits per heavy atom. The Kier molecular flexibility index (Phi) is 8.36. The van der Waals surface area contributed by atoms with E-state index >= 15 is 0 Å². The number of carbonyl (C=O) groups is 1. The summed E-state index contributed by atoms with van der Waals surface area (Å²) in [6, 6.07) is 18.9. The molecule has 0 radical (unpaired) electrons. The number of nitrogens with zero attached hydrogens (tertiary/aromatic N) is 1. The molecular weight excluding hydrogens is 535 g/mol. The smallest absolute Gasteiger partial charge is 0.243 e. The Morgan fingerprint density at radius 1 is 0.969 bits per heavy atom. The number of rotatable bonds is 8. The molecule has 0 atom stereocenters. The molecule has 0 saturated carbocycles. The second-order valence-electron chi connectivity index (χ2n) is 7.24. The molecule has 1 amide bonds. The van der Waals surface area contributed by atoms with Gasteiger partial charge in [-0.25, -0.2) is 8.42 Å². The lowest BCUT2D eigenvalue weighted by Gasteiger charge is -2.22. The van der Waals surface area contributed by atoms with Gasteiger partial charge in [0.25, 0.3) is 0 Å². The number of hydrogen-bond donors (Lipinski definition) is 1. The summed E-state index contributed by atoms with van der Waals surface area (Å²) >= 11 is 15.4. The van der Waals surface area contributed by atoms with E-state index in [1.165, 1.54) is 12.1 Å². The molecule has 3 rings (SSSR count). The third kappa shape index (κ3) is 6.56. The molecule has 0 saturated heterocycles. The minimum Gasteiger partial charge on any atom is -0.351 e. The van der Waals surface area contributed by atoms with Crippen molar-refractivity contribution in [2.24, 2.45) is 0 Å². The normalized spacial score (nSPS) is 11.5. The van der Waals surface area contributed by atoms with E-state index in [1.54, 1.807) is 30.3 Å². The molecule has 1 N–H and O–H groups in total. The van der Waals surface area contributed by atoms with E-state index < -0.39 is 15.9 Å². The molecule has 0 aromatic heterocycles. The zero-order valence-corrected chi connectivity index (χ0v) is 21.1. The molecule has 0 unspecified atom stereocenters. The third-order valence-electron chi connectivity index (χ3n) is 4.69. The van der Waals surface area contributed by atoms with Crippen LogP contribution in [-0.4, -0.2) is 25.2 Å². The molecule has 168 valence electrons. The average molecular weight is 556 g/mol. The van der Waals surface area contributed by atoms with Gasteiger partial charge in [0.2, 0.25) is 15.9 Å². The maximum Gasteiger partial charge on any atom is 0.243 e. The summed E-state index contributed by atoms with van der Waals surface area (Å²) in [5, 5.41) is 3.48. The fourth-order valence-corrected chi connectivity index (χ4v) is 5.03. The number of nitrogens with one attached hydrogen (secondary N) is 1. The van der Waals surface area contributed by atoms with Gasteiger partial charge in [0.1, 0.15) is 0 Å². The van der Waals surface area contributed by atoms with Crippen LogP contribution in [-0.2, 0) is 27.9 Å². The second kappa shape index (κ2) is 10.8. The number of carbonyl (C=O) groups excluding carboxylic acids is 1. The monoisotopic (exact) mass is 554 g/mol. The van der Waals surface area contributed by atoms with Crippen molar-refractivity contribution in [3.05, 3.63) is 97.9 Å².